The van der Waals surface area contributed by atoms with Crippen LogP contribution in [0.2, 0.25) is 0 Å². The second-order valence-electron chi connectivity index (χ2n) is 4.36. The molecule has 1 aliphatic rings. The SMILES string of the molecule is O=C(CSCCc1ccccc1)N[C@H]1CCOC1=O. The summed E-state index contributed by atoms with van der Waals surface area (Å²) in [5.74, 6) is 0.868. The number of esters is 1. The molecule has 1 saturated heterocycles. The number of carbonyl (C=O) groups excluding carboxylic acids is 2. The molecule has 0 aliphatic carbocycles. The lowest BCUT2D eigenvalue weighted by molar-refractivity contribution is -0.141. The number of hydrogen-bond acceptors (Lipinski definition) is 4. The summed E-state index contributed by atoms with van der Waals surface area (Å²) in [7, 11) is 0. The van der Waals surface area contributed by atoms with Crippen molar-refractivity contribution in [3.8, 4) is 0 Å². The van der Waals surface area contributed by atoms with E-state index in [1.165, 1.54) is 5.56 Å². The largest absolute Gasteiger partial charge is 0.464 e. The molecule has 0 saturated carbocycles. The van der Waals surface area contributed by atoms with E-state index in [-0.39, 0.29) is 11.9 Å². The molecule has 1 heterocycles. The van der Waals surface area contributed by atoms with Gasteiger partial charge in [0.25, 0.3) is 0 Å². The first-order valence-corrected chi connectivity index (χ1v) is 7.49. The molecule has 0 spiro atoms. The average molecular weight is 279 g/mol. The Hall–Kier alpha value is -1.49. The molecule has 19 heavy (non-hydrogen) atoms. The van der Waals surface area contributed by atoms with E-state index in [0.29, 0.717) is 18.8 Å². The maximum absolute atomic E-state index is 11.6. The number of benzene rings is 1. The minimum absolute atomic E-state index is 0.0955. The van der Waals surface area contributed by atoms with Crippen LogP contribution < -0.4 is 5.32 Å². The van der Waals surface area contributed by atoms with Crippen molar-refractivity contribution < 1.29 is 14.3 Å². The molecule has 0 unspecified atom stereocenters. The Morgan fingerprint density at radius 3 is 2.84 bits per heavy atom. The van der Waals surface area contributed by atoms with E-state index < -0.39 is 6.04 Å². The minimum Gasteiger partial charge on any atom is -0.464 e. The zero-order valence-electron chi connectivity index (χ0n) is 10.6. The maximum Gasteiger partial charge on any atom is 0.328 e. The van der Waals surface area contributed by atoms with Gasteiger partial charge < -0.3 is 10.1 Å². The van der Waals surface area contributed by atoms with E-state index >= 15 is 0 Å². The number of nitrogens with one attached hydrogen (secondary N) is 1. The van der Waals surface area contributed by atoms with Crippen LogP contribution in [0.3, 0.4) is 0 Å². The summed E-state index contributed by atoms with van der Waals surface area (Å²) >= 11 is 1.58. The van der Waals surface area contributed by atoms with Gasteiger partial charge >= 0.3 is 5.97 Å². The summed E-state index contributed by atoms with van der Waals surface area (Å²) in [6.45, 7) is 0.408. The predicted octanol–water partition coefficient (Wildman–Crippen LogP) is 1.39. The molecule has 1 aliphatic heterocycles. The van der Waals surface area contributed by atoms with Crippen LogP contribution in [0.5, 0.6) is 0 Å². The Morgan fingerprint density at radius 1 is 1.37 bits per heavy atom. The van der Waals surface area contributed by atoms with Gasteiger partial charge in [0, 0.05) is 6.42 Å². The summed E-state index contributed by atoms with van der Waals surface area (Å²) in [5, 5.41) is 2.69. The first-order chi connectivity index (χ1) is 9.25. The fraction of sp³-hybridized carbons (Fsp3) is 0.429. The molecule has 4 nitrogen and oxygen atoms in total. The zero-order valence-corrected chi connectivity index (χ0v) is 11.4. The highest BCUT2D eigenvalue weighted by Gasteiger charge is 2.27. The highest BCUT2D eigenvalue weighted by Crippen LogP contribution is 2.09. The molecule has 1 amide bonds. The van der Waals surface area contributed by atoms with Crippen molar-refractivity contribution in [2.45, 2.75) is 18.9 Å². The number of amides is 1. The van der Waals surface area contributed by atoms with Gasteiger partial charge in [0.2, 0.25) is 5.91 Å². The minimum atomic E-state index is -0.442. The first kappa shape index (κ1) is 13.9. The fourth-order valence-corrected chi connectivity index (χ4v) is 2.66. The van der Waals surface area contributed by atoms with Crippen LogP contribution in [-0.2, 0) is 20.7 Å². The van der Waals surface area contributed by atoms with Gasteiger partial charge in [-0.2, -0.15) is 11.8 Å². The first-order valence-electron chi connectivity index (χ1n) is 6.33. The summed E-state index contributed by atoms with van der Waals surface area (Å²) in [5.41, 5.74) is 1.27. The Balaban J connectivity index is 1.60. The van der Waals surface area contributed by atoms with Gasteiger partial charge in [-0.15, -0.1) is 0 Å². The number of thioether (sulfide) groups is 1. The third-order valence-electron chi connectivity index (χ3n) is 2.88. The molecule has 1 aromatic carbocycles. The van der Waals surface area contributed by atoms with Gasteiger partial charge in [-0.3, -0.25) is 4.79 Å². The normalized spacial score (nSPS) is 18.1. The molecule has 5 heteroatoms. The van der Waals surface area contributed by atoms with Crippen LogP contribution in [0.1, 0.15) is 12.0 Å². The lowest BCUT2D eigenvalue weighted by Crippen LogP contribution is -2.38. The van der Waals surface area contributed by atoms with Crippen molar-refractivity contribution in [1.82, 2.24) is 5.32 Å². The Labute approximate surface area is 116 Å². The van der Waals surface area contributed by atoms with Gasteiger partial charge in [0.1, 0.15) is 6.04 Å². The lowest BCUT2D eigenvalue weighted by atomic mass is 10.2. The molecular weight excluding hydrogens is 262 g/mol. The molecule has 0 radical (unpaired) electrons. The molecular formula is C14H17NO3S. The van der Waals surface area contributed by atoms with E-state index in [2.05, 4.69) is 17.4 Å². The maximum atomic E-state index is 11.6. The van der Waals surface area contributed by atoms with Crippen molar-refractivity contribution in [3.05, 3.63) is 35.9 Å². The summed E-state index contributed by atoms with van der Waals surface area (Å²) in [4.78, 5) is 22.8. The quantitative estimate of drug-likeness (QED) is 0.631. The summed E-state index contributed by atoms with van der Waals surface area (Å²) in [6.07, 6.45) is 1.53. The van der Waals surface area contributed by atoms with Crippen molar-refractivity contribution in [1.29, 1.82) is 0 Å². The van der Waals surface area contributed by atoms with Crippen LogP contribution in [-0.4, -0.2) is 36.0 Å². The number of aryl methyl sites for hydroxylation is 1. The molecule has 2 rings (SSSR count). The average Bonchev–Trinajstić information content (AvgIpc) is 2.82. The molecule has 0 bridgehead atoms. The highest BCUT2D eigenvalue weighted by atomic mass is 32.2. The topological polar surface area (TPSA) is 55.4 Å². The van der Waals surface area contributed by atoms with Crippen molar-refractivity contribution in [2.75, 3.05) is 18.1 Å². The third kappa shape index (κ3) is 4.59. The van der Waals surface area contributed by atoms with Gasteiger partial charge in [-0.1, -0.05) is 30.3 Å². The van der Waals surface area contributed by atoms with Crippen LogP contribution >= 0.6 is 11.8 Å². The van der Waals surface area contributed by atoms with Crippen LogP contribution in [0, 0.1) is 0 Å². The highest BCUT2D eigenvalue weighted by molar-refractivity contribution is 7.99. The van der Waals surface area contributed by atoms with E-state index in [1.54, 1.807) is 11.8 Å². The number of rotatable bonds is 6. The van der Waals surface area contributed by atoms with Crippen LogP contribution in [0.4, 0.5) is 0 Å². The van der Waals surface area contributed by atoms with Crippen LogP contribution in [0.15, 0.2) is 30.3 Å². The van der Waals surface area contributed by atoms with E-state index in [0.717, 1.165) is 12.2 Å². The van der Waals surface area contributed by atoms with Crippen molar-refractivity contribution >= 4 is 23.6 Å². The van der Waals surface area contributed by atoms with Gasteiger partial charge in [0.05, 0.1) is 12.4 Å². The smallest absolute Gasteiger partial charge is 0.328 e. The lowest BCUT2D eigenvalue weighted by Gasteiger charge is -2.08. The standard InChI is InChI=1S/C14H17NO3S/c16-13(15-12-6-8-18-14(12)17)10-19-9-7-11-4-2-1-3-5-11/h1-5,12H,6-10H2,(H,15,16)/t12-/m0/s1. The van der Waals surface area contributed by atoms with E-state index in [4.69, 9.17) is 4.74 Å². The third-order valence-corrected chi connectivity index (χ3v) is 3.84. The molecule has 1 aromatic rings. The fourth-order valence-electron chi connectivity index (χ4n) is 1.86. The number of ether oxygens (including phenoxy) is 1. The Bertz CT molecular complexity index is 436. The van der Waals surface area contributed by atoms with E-state index in [9.17, 15) is 9.59 Å². The summed E-state index contributed by atoms with van der Waals surface area (Å²) < 4.78 is 4.79. The van der Waals surface area contributed by atoms with Gasteiger partial charge in [-0.05, 0) is 17.7 Å². The van der Waals surface area contributed by atoms with Crippen molar-refractivity contribution in [2.24, 2.45) is 0 Å². The van der Waals surface area contributed by atoms with Crippen molar-refractivity contribution in [3.63, 3.8) is 0 Å². The number of hydrogen-bond donors (Lipinski definition) is 1. The second kappa shape index (κ2) is 7.19. The number of carbonyl (C=O) groups is 2. The zero-order chi connectivity index (χ0) is 13.5. The predicted molar refractivity (Wildman–Crippen MR) is 75.0 cm³/mol. The van der Waals surface area contributed by atoms with Crippen LogP contribution in [0.25, 0.3) is 0 Å². The molecule has 1 atom stereocenters. The van der Waals surface area contributed by atoms with E-state index in [1.807, 2.05) is 18.2 Å². The van der Waals surface area contributed by atoms with Gasteiger partial charge in [-0.25, -0.2) is 4.79 Å². The number of cyclic esters (lactones) is 1. The molecule has 1 fully saturated rings. The molecule has 102 valence electrons. The monoisotopic (exact) mass is 279 g/mol. The Morgan fingerprint density at radius 2 is 2.16 bits per heavy atom. The molecule has 1 N–H and O–H groups in total. The molecule has 0 aromatic heterocycles. The second-order valence-corrected chi connectivity index (χ2v) is 5.47. The summed E-state index contributed by atoms with van der Waals surface area (Å²) in [6, 6.07) is 9.73. The van der Waals surface area contributed by atoms with Gasteiger partial charge in [0.15, 0.2) is 0 Å². The Kier molecular flexibility index (Phi) is 5.27.